The molecule has 9 heterocycles. The van der Waals surface area contributed by atoms with Crippen LogP contribution in [0.3, 0.4) is 0 Å². The SMILES string of the molecule is CCOC(=O)c1c(-c2ccc(F)c(Cl)c2)csc1N.NC(=O)c1c(-c2ccc(F)c(Cl)c2)csc1N.Nc1scc(-c2ccc(F)c(Cl)c2)c1C(=O)O.O=C(CCl)N1CCCC1.O=C(Cn1nnc2scc(-c3ccc(F)c(Cl)c3)c2c1=O)N1CCCC1.O=c1[nH]nnc2scc(-c3ccc(F)c(Cl)c3)c12. The van der Waals surface area contributed by atoms with Crippen LogP contribution in [0.15, 0.2) is 127 Å². The normalized spacial score (nSPS) is 12.2. The molecule has 106 heavy (non-hydrogen) atoms. The van der Waals surface area contributed by atoms with Crippen LogP contribution in [0.25, 0.3) is 76.1 Å². The summed E-state index contributed by atoms with van der Waals surface area (Å²) in [7, 11) is 0. The van der Waals surface area contributed by atoms with Gasteiger partial charge in [-0.25, -0.2) is 41.3 Å². The van der Waals surface area contributed by atoms with Gasteiger partial charge in [0.25, 0.3) is 17.0 Å². The fourth-order valence-electron chi connectivity index (χ4n) is 10.4. The molecule has 0 unspecified atom stereocenters. The van der Waals surface area contributed by atoms with E-state index in [1.54, 1.807) is 56.9 Å². The third-order valence-corrected chi connectivity index (χ3v) is 21.5. The molecule has 0 saturated carbocycles. The van der Waals surface area contributed by atoms with E-state index >= 15 is 0 Å². The molecule has 21 nitrogen and oxygen atoms in total. The summed E-state index contributed by atoms with van der Waals surface area (Å²) in [4.78, 5) is 86.5. The Kier molecular flexibility index (Phi) is 28.2. The number of nitrogens with one attached hydrogen (secondary N) is 1. The number of halogens is 11. The molecule has 552 valence electrons. The van der Waals surface area contributed by atoms with Gasteiger partial charge in [-0.2, -0.15) is 0 Å². The van der Waals surface area contributed by atoms with Crippen LogP contribution >= 0.6 is 126 Å². The standard InChI is InChI=1S/C17H14ClFN4O2S.C13H11ClFNO2S.C11H5ClFN3OS.C11H8ClFN2OS.C11H7ClFNO2S.C6H10ClNO/c18-12-7-10(3-4-13(12)19)11-9-26-16-15(11)17(25)23(21-20-16)8-14(24)22-5-1-2-6-22;1-2-18-13(17)11-8(6-19-12(11)16)7-3-4-10(15)9(14)5-7;12-7-3-5(1-2-8(7)13)6-4-18-11-9(6)10(17)14-16-15-11;12-7-3-5(1-2-8(7)13)6-4-17-11(15)9(6)10(14)16;12-7-3-5(1-2-8(7)13)6-4-17-10(14)9(6)11(15)16;7-5-6(9)8-3-1-2-4-8/h3-4,7,9H,1-2,5-6,8H2;3-6H,2,16H2,1H3;1-4H,(H,14,15,17);1-4H,15H2,(H2,14,16);1-4H,14H2,(H,15,16);1-5H2. The zero-order valence-electron chi connectivity index (χ0n) is 54.7. The van der Waals surface area contributed by atoms with Crippen molar-refractivity contribution >= 4 is 191 Å². The van der Waals surface area contributed by atoms with E-state index < -0.39 is 46.9 Å². The fraction of sp³-hybridized carbons (Fsp3) is 0.174. The number of amides is 3. The van der Waals surface area contributed by atoms with Crippen molar-refractivity contribution in [1.29, 1.82) is 0 Å². The number of thiophene rings is 5. The molecule has 3 amide bonds. The number of carboxylic acid groups (broad SMARTS) is 1. The van der Waals surface area contributed by atoms with Crippen LogP contribution in [0.5, 0.6) is 0 Å². The van der Waals surface area contributed by atoms with Crippen molar-refractivity contribution in [1.82, 2.24) is 40.2 Å². The molecular weight excluding hydrogens is 1610 g/mol. The first-order chi connectivity index (χ1) is 50.6. The molecule has 37 heteroatoms. The average molecular weight is 1660 g/mol. The number of primary amides is 1. The monoisotopic (exact) mass is 1660 g/mol. The highest BCUT2D eigenvalue weighted by atomic mass is 35.5. The summed E-state index contributed by atoms with van der Waals surface area (Å²) >= 11 is 40.1. The van der Waals surface area contributed by atoms with E-state index in [0.29, 0.717) is 105 Å². The van der Waals surface area contributed by atoms with Crippen LogP contribution in [0.2, 0.25) is 25.1 Å². The maximum Gasteiger partial charge on any atom is 0.341 e. The van der Waals surface area contributed by atoms with E-state index in [-0.39, 0.29) is 83.2 Å². The fourth-order valence-corrected chi connectivity index (χ4v) is 15.7. The van der Waals surface area contributed by atoms with Gasteiger partial charge in [0.1, 0.15) is 62.6 Å². The number of nitrogens with two attached hydrogens (primary N) is 4. The number of fused-ring (bicyclic) bond motifs is 2. The largest absolute Gasteiger partial charge is 0.478 e. The molecule has 7 aromatic heterocycles. The van der Waals surface area contributed by atoms with Gasteiger partial charge >= 0.3 is 11.9 Å². The van der Waals surface area contributed by atoms with E-state index in [2.05, 4.69) is 25.7 Å². The zero-order valence-corrected chi connectivity index (χ0v) is 63.3. The molecule has 5 aromatic carbocycles. The average Bonchev–Trinajstić information content (AvgIpc) is 1.63. The molecule has 14 rings (SSSR count). The molecule has 0 spiro atoms. The number of carbonyl (C=O) groups excluding carboxylic acids is 4. The number of nitrogen functional groups attached to an aromatic ring is 3. The number of nitrogens with zero attached hydrogens (tertiary/aromatic N) is 7. The maximum atomic E-state index is 13.4. The zero-order chi connectivity index (χ0) is 76.8. The number of benzene rings is 5. The number of anilines is 3. The van der Waals surface area contributed by atoms with Crippen molar-refractivity contribution in [3.63, 3.8) is 0 Å². The number of ether oxygens (including phenoxy) is 1. The minimum atomic E-state index is -1.11. The van der Waals surface area contributed by atoms with Crippen LogP contribution in [-0.4, -0.2) is 114 Å². The number of carbonyl (C=O) groups is 5. The first kappa shape index (κ1) is 81.0. The summed E-state index contributed by atoms with van der Waals surface area (Å²) in [5, 5.41) is 36.8. The molecule has 2 fully saturated rings. The number of rotatable bonds is 12. The molecule has 0 aliphatic carbocycles. The smallest absolute Gasteiger partial charge is 0.341 e. The topological polar surface area (TPSA) is 332 Å². The number of aromatic nitrogens is 6. The number of carboxylic acids is 1. The Morgan fingerprint density at radius 3 is 1.27 bits per heavy atom. The second-order valence-electron chi connectivity index (χ2n) is 22.4. The van der Waals surface area contributed by atoms with Gasteiger partial charge in [-0.3, -0.25) is 24.0 Å². The molecule has 0 bridgehead atoms. The lowest BCUT2D eigenvalue weighted by Crippen LogP contribution is -2.36. The third kappa shape index (κ3) is 19.5. The highest BCUT2D eigenvalue weighted by molar-refractivity contribution is 7.18. The van der Waals surface area contributed by atoms with Crippen LogP contribution in [-0.2, 0) is 20.9 Å². The Hall–Kier alpha value is -9.12. The lowest BCUT2D eigenvalue weighted by atomic mass is 10.0. The number of H-pyrrole nitrogens is 1. The van der Waals surface area contributed by atoms with Gasteiger partial charge < -0.3 is 42.6 Å². The Balaban J connectivity index is 0.000000150. The molecule has 12 aromatic rings. The second kappa shape index (κ2) is 36.9. The molecule has 0 radical (unpaired) electrons. The van der Waals surface area contributed by atoms with Gasteiger partial charge in [0.15, 0.2) is 9.66 Å². The first-order valence-electron chi connectivity index (χ1n) is 31.0. The van der Waals surface area contributed by atoms with Gasteiger partial charge in [0, 0.05) is 80.9 Å². The van der Waals surface area contributed by atoms with E-state index in [9.17, 15) is 55.5 Å². The number of hydrogen-bond donors (Lipinski definition) is 6. The van der Waals surface area contributed by atoms with Crippen LogP contribution in [0, 0.1) is 29.1 Å². The van der Waals surface area contributed by atoms with Crippen LogP contribution in [0.4, 0.5) is 37.0 Å². The van der Waals surface area contributed by atoms with Gasteiger partial charge in [-0.15, -0.1) is 78.5 Å². The minimum absolute atomic E-state index is 0.00270. The molecular formula is C69H55Cl6F5N12O9S5. The third-order valence-electron chi connectivity index (χ3n) is 15.6. The quantitative estimate of drug-likeness (QED) is 0.0376. The lowest BCUT2D eigenvalue weighted by molar-refractivity contribution is -0.131. The molecule has 0 atom stereocenters. The predicted octanol–water partition coefficient (Wildman–Crippen LogP) is 17.0. The van der Waals surface area contributed by atoms with Crippen molar-refractivity contribution in [3.8, 4) is 55.6 Å². The van der Waals surface area contributed by atoms with E-state index in [1.165, 1.54) is 118 Å². The maximum absolute atomic E-state index is 13.4. The highest BCUT2D eigenvalue weighted by Crippen LogP contribution is 2.40. The van der Waals surface area contributed by atoms with Crippen LogP contribution < -0.4 is 34.1 Å². The molecule has 2 aliphatic rings. The Bertz CT molecular complexity index is 5290. The van der Waals surface area contributed by atoms with Gasteiger partial charge in [-0.05, 0) is 121 Å². The minimum Gasteiger partial charge on any atom is -0.478 e. The number of esters is 1. The Morgan fingerprint density at radius 2 is 0.877 bits per heavy atom. The number of likely N-dealkylation sites (tertiary alicyclic amines) is 2. The number of alkyl halides is 1. The summed E-state index contributed by atoms with van der Waals surface area (Å²) in [5.41, 5.74) is 28.1. The number of aromatic carboxylic acids is 1. The van der Waals surface area contributed by atoms with Gasteiger partial charge in [0.2, 0.25) is 11.8 Å². The molecule has 2 saturated heterocycles. The van der Waals surface area contributed by atoms with E-state index in [1.807, 2.05) is 4.90 Å². The summed E-state index contributed by atoms with van der Waals surface area (Å²) in [6.07, 6.45) is 4.24. The van der Waals surface area contributed by atoms with Crippen LogP contribution in [0.1, 0.15) is 63.7 Å². The van der Waals surface area contributed by atoms with Gasteiger partial charge in [0.05, 0.1) is 53.1 Å². The number of aromatic amines is 1. The lowest BCUT2D eigenvalue weighted by Gasteiger charge is -2.15. The van der Waals surface area contributed by atoms with Crippen molar-refractivity contribution in [2.24, 2.45) is 5.73 Å². The van der Waals surface area contributed by atoms with Crippen molar-refractivity contribution in [2.45, 2.75) is 39.2 Å². The van der Waals surface area contributed by atoms with Crippen molar-refractivity contribution in [3.05, 3.63) is 209 Å². The summed E-state index contributed by atoms with van der Waals surface area (Å²) < 4.78 is 71.8. The first-order valence-corrected chi connectivity index (χ1v) is 37.8. The Labute approximate surface area is 648 Å². The Morgan fingerprint density at radius 1 is 0.519 bits per heavy atom. The highest BCUT2D eigenvalue weighted by Gasteiger charge is 2.25. The van der Waals surface area contributed by atoms with Crippen molar-refractivity contribution < 1.29 is 55.8 Å². The van der Waals surface area contributed by atoms with E-state index in [4.69, 9.17) is 102 Å². The number of hydrogen-bond acceptors (Lipinski definition) is 20. The van der Waals surface area contributed by atoms with Gasteiger partial charge in [-0.1, -0.05) is 98.8 Å². The van der Waals surface area contributed by atoms with Crippen molar-refractivity contribution in [2.75, 3.05) is 55.9 Å². The summed E-state index contributed by atoms with van der Waals surface area (Å²) in [5.74, 6) is -4.72. The predicted molar refractivity (Wildman–Crippen MR) is 412 cm³/mol. The summed E-state index contributed by atoms with van der Waals surface area (Å²) in [6, 6.07) is 21.1. The summed E-state index contributed by atoms with van der Waals surface area (Å²) in [6.45, 7) is 5.08. The van der Waals surface area contributed by atoms with E-state index in [0.717, 1.165) is 54.8 Å². The molecule has 2 aliphatic heterocycles. The molecule has 10 N–H and O–H groups in total. The second-order valence-corrected chi connectivity index (χ2v) is 29.1.